The zero-order chi connectivity index (χ0) is 14.9. The molecule has 0 unspecified atom stereocenters. The van der Waals surface area contributed by atoms with Crippen molar-refractivity contribution in [2.45, 2.75) is 45.8 Å². The maximum atomic E-state index is 6.20. The van der Waals surface area contributed by atoms with Gasteiger partial charge in [0.1, 0.15) is 17.6 Å². The van der Waals surface area contributed by atoms with Crippen LogP contribution in [0.2, 0.25) is 0 Å². The van der Waals surface area contributed by atoms with Crippen LogP contribution in [-0.2, 0) is 11.3 Å². The minimum atomic E-state index is 0.251. The SMILES string of the molecule is CCCOc1ccc(CNCC)c(OC2CCOCC2)c1. The molecule has 2 rings (SSSR count). The lowest BCUT2D eigenvalue weighted by atomic mass is 10.1. The predicted octanol–water partition coefficient (Wildman–Crippen LogP) is 3.14. The first kappa shape index (κ1) is 16.1. The molecule has 1 N–H and O–H groups in total. The highest BCUT2D eigenvalue weighted by molar-refractivity contribution is 5.41. The molecule has 4 heteroatoms. The minimum Gasteiger partial charge on any atom is -0.493 e. The number of ether oxygens (including phenoxy) is 3. The topological polar surface area (TPSA) is 39.7 Å². The quantitative estimate of drug-likeness (QED) is 0.799. The summed E-state index contributed by atoms with van der Waals surface area (Å²) in [6, 6.07) is 6.15. The zero-order valence-corrected chi connectivity index (χ0v) is 13.2. The second-order valence-corrected chi connectivity index (χ2v) is 5.33. The van der Waals surface area contributed by atoms with E-state index in [1.807, 2.05) is 12.1 Å². The van der Waals surface area contributed by atoms with Gasteiger partial charge in [0.05, 0.1) is 19.8 Å². The molecule has 0 saturated carbocycles. The van der Waals surface area contributed by atoms with Gasteiger partial charge in [-0.15, -0.1) is 0 Å². The molecular formula is C17H27NO3. The van der Waals surface area contributed by atoms with Crippen molar-refractivity contribution in [2.24, 2.45) is 0 Å². The third-order valence-electron chi connectivity index (χ3n) is 3.54. The standard InChI is InChI=1S/C17H27NO3/c1-3-9-20-16-6-5-14(13-18-4-2)17(12-16)21-15-7-10-19-11-8-15/h5-6,12,15,18H,3-4,7-11,13H2,1-2H3. The molecular weight excluding hydrogens is 266 g/mol. The fraction of sp³-hybridized carbons (Fsp3) is 0.647. The number of hydrogen-bond donors (Lipinski definition) is 1. The average Bonchev–Trinajstić information content (AvgIpc) is 2.53. The van der Waals surface area contributed by atoms with E-state index in [-0.39, 0.29) is 6.10 Å². The molecule has 0 aliphatic carbocycles. The van der Waals surface area contributed by atoms with Crippen molar-refractivity contribution in [2.75, 3.05) is 26.4 Å². The van der Waals surface area contributed by atoms with Crippen molar-refractivity contribution in [3.05, 3.63) is 23.8 Å². The van der Waals surface area contributed by atoms with Gasteiger partial charge in [-0.2, -0.15) is 0 Å². The van der Waals surface area contributed by atoms with Gasteiger partial charge in [0.2, 0.25) is 0 Å². The second-order valence-electron chi connectivity index (χ2n) is 5.33. The van der Waals surface area contributed by atoms with Gasteiger partial charge in [-0.05, 0) is 19.0 Å². The first-order chi connectivity index (χ1) is 10.3. The molecule has 1 aliphatic heterocycles. The summed E-state index contributed by atoms with van der Waals surface area (Å²) in [5, 5.41) is 3.36. The fourth-order valence-corrected chi connectivity index (χ4v) is 2.33. The molecule has 0 aromatic heterocycles. The van der Waals surface area contributed by atoms with Gasteiger partial charge < -0.3 is 19.5 Å². The molecule has 0 spiro atoms. The highest BCUT2D eigenvalue weighted by Gasteiger charge is 2.17. The van der Waals surface area contributed by atoms with Gasteiger partial charge in [-0.1, -0.05) is 19.9 Å². The van der Waals surface area contributed by atoms with E-state index < -0.39 is 0 Å². The Kier molecular flexibility index (Phi) is 6.83. The molecule has 21 heavy (non-hydrogen) atoms. The van der Waals surface area contributed by atoms with Crippen molar-refractivity contribution in [1.29, 1.82) is 0 Å². The number of rotatable bonds is 8. The molecule has 1 aromatic rings. The van der Waals surface area contributed by atoms with Crippen LogP contribution in [0.15, 0.2) is 18.2 Å². The van der Waals surface area contributed by atoms with Crippen molar-refractivity contribution < 1.29 is 14.2 Å². The van der Waals surface area contributed by atoms with Gasteiger partial charge in [-0.3, -0.25) is 0 Å². The minimum absolute atomic E-state index is 0.251. The summed E-state index contributed by atoms with van der Waals surface area (Å²) in [4.78, 5) is 0. The number of benzene rings is 1. The molecule has 1 aromatic carbocycles. The van der Waals surface area contributed by atoms with Crippen LogP contribution in [0.4, 0.5) is 0 Å². The van der Waals surface area contributed by atoms with Crippen LogP contribution in [0.3, 0.4) is 0 Å². The van der Waals surface area contributed by atoms with Crippen molar-refractivity contribution in [3.63, 3.8) is 0 Å². The van der Waals surface area contributed by atoms with E-state index in [1.165, 1.54) is 5.56 Å². The Hall–Kier alpha value is -1.26. The van der Waals surface area contributed by atoms with E-state index in [1.54, 1.807) is 0 Å². The third-order valence-corrected chi connectivity index (χ3v) is 3.54. The Labute approximate surface area is 127 Å². The summed E-state index contributed by atoms with van der Waals surface area (Å²) in [5.41, 5.74) is 1.19. The maximum Gasteiger partial charge on any atom is 0.127 e. The third kappa shape index (κ3) is 5.21. The van der Waals surface area contributed by atoms with Gasteiger partial charge in [0, 0.05) is 31.0 Å². The summed E-state index contributed by atoms with van der Waals surface area (Å²) in [6.45, 7) is 8.31. The first-order valence-electron chi connectivity index (χ1n) is 8.04. The predicted molar refractivity (Wildman–Crippen MR) is 84.1 cm³/mol. The normalized spacial score (nSPS) is 15.9. The van der Waals surface area contributed by atoms with E-state index in [4.69, 9.17) is 14.2 Å². The molecule has 1 fully saturated rings. The number of nitrogens with one attached hydrogen (secondary N) is 1. The highest BCUT2D eigenvalue weighted by atomic mass is 16.5. The first-order valence-corrected chi connectivity index (χ1v) is 8.04. The van der Waals surface area contributed by atoms with Crippen molar-refractivity contribution >= 4 is 0 Å². The Balaban J connectivity index is 2.07. The van der Waals surface area contributed by atoms with Gasteiger partial charge >= 0.3 is 0 Å². The molecule has 0 bridgehead atoms. The van der Waals surface area contributed by atoms with Crippen LogP contribution in [0.1, 0.15) is 38.7 Å². The van der Waals surface area contributed by atoms with Crippen LogP contribution in [-0.4, -0.2) is 32.5 Å². The summed E-state index contributed by atoms with van der Waals surface area (Å²) in [5.74, 6) is 1.83. The van der Waals surface area contributed by atoms with E-state index >= 15 is 0 Å². The monoisotopic (exact) mass is 293 g/mol. The molecule has 4 nitrogen and oxygen atoms in total. The van der Waals surface area contributed by atoms with Crippen LogP contribution in [0.5, 0.6) is 11.5 Å². The van der Waals surface area contributed by atoms with Crippen LogP contribution in [0, 0.1) is 0 Å². The fourth-order valence-electron chi connectivity index (χ4n) is 2.33. The molecule has 1 aliphatic rings. The maximum absolute atomic E-state index is 6.20. The van der Waals surface area contributed by atoms with E-state index in [2.05, 4.69) is 25.2 Å². The molecule has 0 radical (unpaired) electrons. The Morgan fingerprint density at radius 2 is 2.05 bits per heavy atom. The Morgan fingerprint density at radius 3 is 2.76 bits per heavy atom. The molecule has 118 valence electrons. The summed E-state index contributed by atoms with van der Waals surface area (Å²) in [6.07, 6.45) is 3.18. The van der Waals surface area contributed by atoms with Crippen LogP contribution < -0.4 is 14.8 Å². The summed E-state index contributed by atoms with van der Waals surface area (Å²) in [7, 11) is 0. The molecule has 1 heterocycles. The average molecular weight is 293 g/mol. The number of hydrogen-bond acceptors (Lipinski definition) is 4. The molecule has 0 amide bonds. The van der Waals surface area contributed by atoms with Crippen LogP contribution in [0.25, 0.3) is 0 Å². The second kappa shape index (κ2) is 8.90. The lowest BCUT2D eigenvalue weighted by Crippen LogP contribution is -2.26. The summed E-state index contributed by atoms with van der Waals surface area (Å²) < 4.78 is 17.3. The Bertz CT molecular complexity index is 416. The zero-order valence-electron chi connectivity index (χ0n) is 13.2. The van der Waals surface area contributed by atoms with Gasteiger partial charge in [-0.25, -0.2) is 0 Å². The smallest absolute Gasteiger partial charge is 0.127 e. The van der Waals surface area contributed by atoms with E-state index in [0.29, 0.717) is 0 Å². The van der Waals surface area contributed by atoms with Crippen LogP contribution >= 0.6 is 0 Å². The van der Waals surface area contributed by atoms with E-state index in [9.17, 15) is 0 Å². The highest BCUT2D eigenvalue weighted by Crippen LogP contribution is 2.28. The van der Waals surface area contributed by atoms with E-state index in [0.717, 1.165) is 63.7 Å². The summed E-state index contributed by atoms with van der Waals surface area (Å²) >= 11 is 0. The lowest BCUT2D eigenvalue weighted by molar-refractivity contribution is 0.0250. The molecule has 1 saturated heterocycles. The van der Waals surface area contributed by atoms with Gasteiger partial charge in [0.25, 0.3) is 0 Å². The Morgan fingerprint density at radius 1 is 1.24 bits per heavy atom. The lowest BCUT2D eigenvalue weighted by Gasteiger charge is -2.25. The van der Waals surface area contributed by atoms with Crippen molar-refractivity contribution in [1.82, 2.24) is 5.32 Å². The van der Waals surface area contributed by atoms with Gasteiger partial charge in [0.15, 0.2) is 0 Å². The molecule has 0 atom stereocenters. The van der Waals surface area contributed by atoms with Crippen molar-refractivity contribution in [3.8, 4) is 11.5 Å². The largest absolute Gasteiger partial charge is 0.493 e.